The molecule has 10 nitrogen and oxygen atoms in total. The van der Waals surface area contributed by atoms with Crippen molar-refractivity contribution < 1.29 is 31.2 Å². The number of hydroxylamine groups is 1. The number of hydrogen-bond acceptors (Lipinski definition) is 8. The SMILES string of the molecule is CCONC(=O)c1ccc(Nc2ncc(F)cc2F)nc1Nc1cc(F)c(C2CC2)cc1N(C)S(C)(=O)=O. The van der Waals surface area contributed by atoms with Gasteiger partial charge in [-0.2, -0.15) is 0 Å². The Bertz CT molecular complexity index is 1480. The molecule has 1 fully saturated rings. The van der Waals surface area contributed by atoms with Crippen LogP contribution in [0, 0.1) is 17.5 Å². The maximum Gasteiger partial charge on any atom is 0.278 e. The molecule has 0 spiro atoms. The van der Waals surface area contributed by atoms with Crippen molar-refractivity contribution in [2.45, 2.75) is 25.7 Å². The zero-order valence-corrected chi connectivity index (χ0v) is 21.5. The van der Waals surface area contributed by atoms with Crippen LogP contribution in [0.4, 0.5) is 42.0 Å². The van der Waals surface area contributed by atoms with Gasteiger partial charge in [0, 0.05) is 13.1 Å². The summed E-state index contributed by atoms with van der Waals surface area (Å²) in [5.74, 6) is -3.55. The van der Waals surface area contributed by atoms with Crippen LogP contribution < -0.4 is 20.4 Å². The number of sulfonamides is 1. The molecule has 1 aromatic carbocycles. The number of aromatic nitrogens is 2. The highest BCUT2D eigenvalue weighted by Gasteiger charge is 2.30. The third kappa shape index (κ3) is 6.14. The van der Waals surface area contributed by atoms with Crippen LogP contribution in [0.1, 0.15) is 41.6 Å². The van der Waals surface area contributed by atoms with E-state index in [1.807, 2.05) is 0 Å². The zero-order chi connectivity index (χ0) is 27.6. The fourth-order valence-corrected chi connectivity index (χ4v) is 4.09. The molecule has 1 aliphatic rings. The number of nitrogens with one attached hydrogen (secondary N) is 3. The second kappa shape index (κ2) is 10.8. The number of hydrogen-bond donors (Lipinski definition) is 3. The van der Waals surface area contributed by atoms with Crippen molar-refractivity contribution in [1.82, 2.24) is 15.4 Å². The molecule has 0 bridgehead atoms. The Morgan fingerprint density at radius 3 is 2.47 bits per heavy atom. The van der Waals surface area contributed by atoms with Crippen LogP contribution in [-0.2, 0) is 14.9 Å². The van der Waals surface area contributed by atoms with E-state index in [-0.39, 0.29) is 46.9 Å². The number of halogens is 3. The second-order valence-electron chi connectivity index (χ2n) is 8.59. The predicted octanol–water partition coefficient (Wildman–Crippen LogP) is 4.34. The lowest BCUT2D eigenvalue weighted by molar-refractivity contribution is 0.0365. The topological polar surface area (TPSA) is 126 Å². The monoisotopic (exact) mass is 550 g/mol. The first kappa shape index (κ1) is 27.1. The molecule has 2 heterocycles. The van der Waals surface area contributed by atoms with Crippen molar-refractivity contribution in [1.29, 1.82) is 0 Å². The summed E-state index contributed by atoms with van der Waals surface area (Å²) in [5, 5.41) is 5.43. The van der Waals surface area contributed by atoms with Crippen molar-refractivity contribution in [3.05, 3.63) is 65.1 Å². The van der Waals surface area contributed by atoms with Gasteiger partial charge in [-0.25, -0.2) is 37.0 Å². The minimum absolute atomic E-state index is 0.00607. The van der Waals surface area contributed by atoms with Crippen molar-refractivity contribution in [2.75, 3.05) is 34.8 Å². The summed E-state index contributed by atoms with van der Waals surface area (Å²) in [7, 11) is -2.42. The Hall–Kier alpha value is -3.91. The Kier molecular flexibility index (Phi) is 7.73. The van der Waals surface area contributed by atoms with Crippen LogP contribution in [0.3, 0.4) is 0 Å². The average molecular weight is 551 g/mol. The zero-order valence-electron chi connectivity index (χ0n) is 20.7. The number of pyridine rings is 2. The van der Waals surface area contributed by atoms with Crippen LogP contribution in [0.25, 0.3) is 0 Å². The summed E-state index contributed by atoms with van der Waals surface area (Å²) in [5.41, 5.74) is 2.72. The summed E-state index contributed by atoms with van der Waals surface area (Å²) in [6.45, 7) is 1.83. The Morgan fingerprint density at radius 1 is 1.11 bits per heavy atom. The lowest BCUT2D eigenvalue weighted by Gasteiger charge is -2.23. The third-order valence-corrected chi connectivity index (χ3v) is 6.92. The highest BCUT2D eigenvalue weighted by Crippen LogP contribution is 2.44. The summed E-state index contributed by atoms with van der Waals surface area (Å²) in [6, 6.07) is 5.91. The number of carbonyl (C=O) groups is 1. The van der Waals surface area contributed by atoms with Crippen molar-refractivity contribution in [2.24, 2.45) is 0 Å². The number of carbonyl (C=O) groups excluding carboxylic acids is 1. The van der Waals surface area contributed by atoms with Crippen LogP contribution in [0.15, 0.2) is 36.5 Å². The van der Waals surface area contributed by atoms with Gasteiger partial charge in [-0.05, 0) is 55.5 Å². The first-order chi connectivity index (χ1) is 18.0. The van der Waals surface area contributed by atoms with Gasteiger partial charge < -0.3 is 10.6 Å². The van der Waals surface area contributed by atoms with Crippen LogP contribution in [-0.4, -0.2) is 44.2 Å². The average Bonchev–Trinajstić information content (AvgIpc) is 3.69. The largest absolute Gasteiger partial charge is 0.338 e. The van der Waals surface area contributed by atoms with E-state index in [0.717, 1.165) is 35.7 Å². The number of benzene rings is 1. The molecule has 3 aromatic rings. The third-order valence-electron chi connectivity index (χ3n) is 5.73. The molecule has 0 aliphatic heterocycles. The number of rotatable bonds is 10. The van der Waals surface area contributed by atoms with Gasteiger partial charge in [0.05, 0.1) is 36.0 Å². The number of anilines is 5. The van der Waals surface area contributed by atoms with E-state index in [0.29, 0.717) is 11.6 Å². The van der Waals surface area contributed by atoms with Crippen molar-refractivity contribution >= 4 is 44.8 Å². The molecule has 2 aromatic heterocycles. The van der Waals surface area contributed by atoms with Gasteiger partial charge in [0.15, 0.2) is 11.6 Å². The fourth-order valence-electron chi connectivity index (χ4n) is 3.58. The molecule has 202 valence electrons. The molecule has 38 heavy (non-hydrogen) atoms. The van der Waals surface area contributed by atoms with Crippen molar-refractivity contribution in [3.8, 4) is 0 Å². The van der Waals surface area contributed by atoms with Gasteiger partial charge in [0.25, 0.3) is 5.91 Å². The van der Waals surface area contributed by atoms with E-state index < -0.39 is 33.4 Å². The fraction of sp³-hybridized carbons (Fsp3) is 0.292. The summed E-state index contributed by atoms with van der Waals surface area (Å²) >= 11 is 0. The van der Waals surface area contributed by atoms with Gasteiger partial charge in [0.1, 0.15) is 23.3 Å². The maximum absolute atomic E-state index is 15.0. The second-order valence-corrected chi connectivity index (χ2v) is 10.6. The quantitative estimate of drug-likeness (QED) is 0.319. The molecule has 14 heteroatoms. The van der Waals surface area contributed by atoms with Crippen LogP contribution >= 0.6 is 0 Å². The number of amides is 1. The van der Waals surface area contributed by atoms with Crippen LogP contribution in [0.5, 0.6) is 0 Å². The molecule has 1 amide bonds. The van der Waals surface area contributed by atoms with Gasteiger partial charge in [-0.3, -0.25) is 13.9 Å². The molecule has 3 N–H and O–H groups in total. The van der Waals surface area contributed by atoms with Crippen molar-refractivity contribution in [3.63, 3.8) is 0 Å². The summed E-state index contributed by atoms with van der Waals surface area (Å²) in [4.78, 5) is 25.6. The Balaban J connectivity index is 1.78. The van der Waals surface area contributed by atoms with Crippen LogP contribution in [0.2, 0.25) is 0 Å². The van der Waals surface area contributed by atoms with E-state index in [4.69, 9.17) is 4.84 Å². The molecular formula is C24H25F3N6O4S. The summed E-state index contributed by atoms with van der Waals surface area (Å²) < 4.78 is 68.1. The molecule has 0 radical (unpaired) electrons. The van der Waals surface area contributed by atoms with E-state index in [2.05, 4.69) is 26.1 Å². The van der Waals surface area contributed by atoms with E-state index in [1.54, 1.807) is 6.92 Å². The normalized spacial score (nSPS) is 13.2. The smallest absolute Gasteiger partial charge is 0.278 e. The minimum atomic E-state index is -3.74. The predicted molar refractivity (Wildman–Crippen MR) is 136 cm³/mol. The molecule has 4 rings (SSSR count). The molecule has 1 aliphatic carbocycles. The van der Waals surface area contributed by atoms with E-state index in [9.17, 15) is 22.0 Å². The molecule has 0 saturated heterocycles. The summed E-state index contributed by atoms with van der Waals surface area (Å²) in [6.07, 6.45) is 3.39. The van der Waals surface area contributed by atoms with Gasteiger partial charge in [0.2, 0.25) is 10.0 Å². The first-order valence-electron chi connectivity index (χ1n) is 11.5. The molecule has 0 unspecified atom stereocenters. The van der Waals surface area contributed by atoms with Gasteiger partial charge >= 0.3 is 0 Å². The van der Waals surface area contributed by atoms with Gasteiger partial charge in [-0.1, -0.05) is 0 Å². The Morgan fingerprint density at radius 2 is 1.84 bits per heavy atom. The highest BCUT2D eigenvalue weighted by molar-refractivity contribution is 7.92. The molecule has 0 atom stereocenters. The number of nitrogens with zero attached hydrogens (tertiary/aromatic N) is 3. The molecular weight excluding hydrogens is 525 g/mol. The first-order valence-corrected chi connectivity index (χ1v) is 13.4. The Labute approximate surface area is 217 Å². The van der Waals surface area contributed by atoms with E-state index in [1.165, 1.54) is 25.2 Å². The standard InChI is InChI=1S/C24H25F3N6O4S/c1-4-37-32-24(34)15-7-8-21(31-23-18(27)9-14(25)12-28-23)30-22(15)29-19-11-17(26)16(13-5-6-13)10-20(19)33(2)38(3,35)36/h7-13H,4-6H2,1-3H3,(H,32,34)(H2,28,29,30,31). The highest BCUT2D eigenvalue weighted by atomic mass is 32.2. The minimum Gasteiger partial charge on any atom is -0.338 e. The lowest BCUT2D eigenvalue weighted by Crippen LogP contribution is -2.27. The van der Waals surface area contributed by atoms with Gasteiger partial charge in [-0.15, -0.1) is 0 Å². The maximum atomic E-state index is 15.0. The lowest BCUT2D eigenvalue weighted by atomic mass is 10.1. The molecule has 1 saturated carbocycles. The van der Waals surface area contributed by atoms with E-state index >= 15 is 4.39 Å².